The number of aromatic amines is 1. The highest BCUT2D eigenvalue weighted by Gasteiger charge is 2.26. The lowest BCUT2D eigenvalue weighted by molar-refractivity contribution is 0.0698. The van der Waals surface area contributed by atoms with E-state index in [1.54, 1.807) is 18.2 Å². The molecular weight excluding hydrogens is 810 g/mol. The van der Waals surface area contributed by atoms with E-state index in [0.29, 0.717) is 42.4 Å². The van der Waals surface area contributed by atoms with Crippen molar-refractivity contribution in [1.82, 2.24) is 45.0 Å². The number of nitrogens with one attached hydrogen (secondary N) is 1. The second kappa shape index (κ2) is 17.4. The van der Waals surface area contributed by atoms with Gasteiger partial charge >= 0.3 is 5.97 Å². The molecule has 4 aromatic heterocycles. The van der Waals surface area contributed by atoms with Gasteiger partial charge in [0.05, 0.1) is 35.4 Å². The van der Waals surface area contributed by atoms with Crippen molar-refractivity contribution in [2.75, 3.05) is 19.7 Å². The summed E-state index contributed by atoms with van der Waals surface area (Å²) in [5.41, 5.74) is 16.2. The van der Waals surface area contributed by atoms with Gasteiger partial charge in [0.1, 0.15) is 0 Å². The van der Waals surface area contributed by atoms with Crippen LogP contribution < -0.4 is 4.74 Å². The van der Waals surface area contributed by atoms with Gasteiger partial charge in [0.25, 0.3) is 6.01 Å². The summed E-state index contributed by atoms with van der Waals surface area (Å²) in [6.07, 6.45) is 10.4. The Morgan fingerprint density at radius 1 is 0.810 bits per heavy atom. The van der Waals surface area contributed by atoms with Crippen LogP contribution in [0.2, 0.25) is 5.02 Å². The summed E-state index contributed by atoms with van der Waals surface area (Å²) in [5.74, 6) is -0.509. The number of imidazole rings is 1. The first-order valence-corrected chi connectivity index (χ1v) is 21.7. The molecule has 13 heteroatoms. The number of rotatable bonds is 11. The third-order valence-corrected chi connectivity index (χ3v) is 12.4. The van der Waals surface area contributed by atoms with E-state index in [0.717, 1.165) is 89.4 Å². The Labute approximate surface area is 369 Å². The molecule has 4 aromatic carbocycles. The van der Waals surface area contributed by atoms with Crippen molar-refractivity contribution in [1.29, 1.82) is 0 Å². The van der Waals surface area contributed by atoms with Crippen LogP contribution >= 0.6 is 11.6 Å². The zero-order valence-electron chi connectivity index (χ0n) is 34.8. The van der Waals surface area contributed by atoms with E-state index in [4.69, 9.17) is 21.3 Å². The number of hydrogen-bond acceptors (Lipinski definition) is 9. The first kappa shape index (κ1) is 40.1. The number of para-hydroxylation sites is 1. The molecule has 1 fully saturated rings. The number of tetrazole rings is 1. The molecule has 12 nitrogen and oxygen atoms in total. The van der Waals surface area contributed by atoms with Crippen molar-refractivity contribution in [2.24, 2.45) is 0 Å². The Morgan fingerprint density at radius 2 is 1.62 bits per heavy atom. The van der Waals surface area contributed by atoms with Gasteiger partial charge in [0.2, 0.25) is 5.82 Å². The Balaban J connectivity index is 0.857. The van der Waals surface area contributed by atoms with Gasteiger partial charge in [-0.3, -0.25) is 19.4 Å². The average Bonchev–Trinajstić information content (AvgIpc) is 3.93. The van der Waals surface area contributed by atoms with E-state index < -0.39 is 5.97 Å². The molecule has 0 radical (unpaired) electrons. The largest absolute Gasteiger partial charge is 0.478 e. The summed E-state index contributed by atoms with van der Waals surface area (Å²) in [5, 5.41) is 25.9. The van der Waals surface area contributed by atoms with Gasteiger partial charge in [-0.05, 0) is 131 Å². The number of fused-ring (bicyclic) bond motifs is 3. The van der Waals surface area contributed by atoms with Crippen molar-refractivity contribution in [3.63, 3.8) is 0 Å². The summed E-state index contributed by atoms with van der Waals surface area (Å²) < 4.78 is 7.67. The predicted molar refractivity (Wildman–Crippen MR) is 243 cm³/mol. The lowest BCUT2D eigenvalue weighted by Gasteiger charge is -2.30. The minimum Gasteiger partial charge on any atom is -0.478 e. The van der Waals surface area contributed by atoms with Crippen molar-refractivity contribution >= 4 is 34.2 Å². The van der Waals surface area contributed by atoms with Gasteiger partial charge in [-0.15, -0.1) is 10.2 Å². The molecule has 0 bridgehead atoms. The number of carboxylic acid groups (broad SMARTS) is 1. The maximum atomic E-state index is 12.1. The van der Waals surface area contributed by atoms with E-state index in [9.17, 15) is 9.90 Å². The topological polar surface area (TPSA) is 148 Å². The summed E-state index contributed by atoms with van der Waals surface area (Å²) in [6.45, 7) is 5.43. The number of halogens is 1. The molecule has 0 saturated carbocycles. The fourth-order valence-electron chi connectivity index (χ4n) is 9.19. The van der Waals surface area contributed by atoms with Crippen LogP contribution in [-0.4, -0.2) is 75.8 Å². The number of piperidine rings is 1. The molecule has 5 heterocycles. The number of carboxylic acids is 1. The Kier molecular flexibility index (Phi) is 11.1. The molecule has 63 heavy (non-hydrogen) atoms. The van der Waals surface area contributed by atoms with Crippen molar-refractivity contribution < 1.29 is 14.6 Å². The highest BCUT2D eigenvalue weighted by molar-refractivity contribution is 6.30. The van der Waals surface area contributed by atoms with Gasteiger partial charge in [-0.1, -0.05) is 77.8 Å². The molecule has 1 saturated heterocycles. The van der Waals surface area contributed by atoms with E-state index in [2.05, 4.69) is 90.1 Å². The number of hydrogen-bond donors (Lipinski definition) is 2. The van der Waals surface area contributed by atoms with Gasteiger partial charge in [0.15, 0.2) is 0 Å². The number of aromatic nitrogens is 8. The number of pyridine rings is 2. The highest BCUT2D eigenvalue weighted by atomic mass is 35.5. The lowest BCUT2D eigenvalue weighted by Crippen LogP contribution is -2.30. The van der Waals surface area contributed by atoms with E-state index >= 15 is 0 Å². The molecule has 0 amide bonds. The van der Waals surface area contributed by atoms with Crippen LogP contribution in [0.1, 0.15) is 74.8 Å². The molecule has 314 valence electrons. The molecule has 1 aliphatic heterocycles. The number of likely N-dealkylation sites (tertiary alicyclic amines) is 1. The second-order valence-corrected chi connectivity index (χ2v) is 16.6. The Bertz CT molecular complexity index is 3010. The zero-order valence-corrected chi connectivity index (χ0v) is 35.5. The molecule has 0 atom stereocenters. The highest BCUT2D eigenvalue weighted by Crippen LogP contribution is 2.39. The molecule has 2 aliphatic rings. The van der Waals surface area contributed by atoms with E-state index in [1.807, 2.05) is 54.3 Å². The summed E-state index contributed by atoms with van der Waals surface area (Å²) >= 11 is 6.47. The minimum atomic E-state index is -1.01. The quantitative estimate of drug-likeness (QED) is 0.129. The monoisotopic (exact) mass is 853 g/mol. The normalized spacial score (nSPS) is 14.1. The average molecular weight is 854 g/mol. The SMILES string of the molecule is CCOc1nc2cccc(C(=O)O)c2n1Cc1ccc(-c2ccc(Cc3cncc(CN4CCC(=C5c6ccc(Cl)cc6CCc6cccnc65)CC4)c3)cc2-c2nn[nH]n2)cc1. The van der Waals surface area contributed by atoms with Gasteiger partial charge < -0.3 is 9.84 Å². The Hall–Kier alpha value is -7.02. The molecule has 2 N–H and O–H groups in total. The molecule has 1 aliphatic carbocycles. The predicted octanol–water partition coefficient (Wildman–Crippen LogP) is 9.26. The zero-order chi connectivity index (χ0) is 42.9. The smallest absolute Gasteiger partial charge is 0.337 e. The van der Waals surface area contributed by atoms with Gasteiger partial charge in [-0.25, -0.2) is 4.79 Å². The standard InChI is InChI=1S/C50H44ClN9O3/c1-2-63-50-54-44-7-3-6-42(49(61)62)47(44)60(50)30-31-8-11-35(12-9-31)40-16-10-32(25-43(40)48-55-57-58-56-48)23-33-24-34(28-52-27-33)29-59-21-18-36(19-22-59)45-41-17-15-39(51)26-38(41)14-13-37-5-4-20-53-46(37)45/h3-12,15-17,20,24-28H,2,13-14,18-19,21-23,29-30H2,1H3,(H,61,62)(H,55,56,57,58). The lowest BCUT2D eigenvalue weighted by atomic mass is 9.88. The molecular formula is C50H44ClN9O3. The number of nitrogens with zero attached hydrogens (tertiary/aromatic N) is 8. The maximum absolute atomic E-state index is 12.1. The van der Waals surface area contributed by atoms with Crippen molar-refractivity contribution in [3.8, 4) is 28.5 Å². The molecule has 10 rings (SSSR count). The number of aromatic carboxylic acids is 1. The van der Waals surface area contributed by atoms with Gasteiger partial charge in [0, 0.05) is 54.4 Å². The van der Waals surface area contributed by atoms with Crippen molar-refractivity contribution in [2.45, 2.75) is 52.1 Å². The number of carbonyl (C=O) groups is 1. The van der Waals surface area contributed by atoms with Crippen LogP contribution in [0.4, 0.5) is 0 Å². The first-order valence-electron chi connectivity index (χ1n) is 21.3. The molecule has 0 spiro atoms. The van der Waals surface area contributed by atoms with Crippen LogP contribution in [0, 0.1) is 0 Å². The first-order chi connectivity index (χ1) is 30.9. The number of H-pyrrole nitrogens is 1. The van der Waals surface area contributed by atoms with Crippen molar-refractivity contribution in [3.05, 3.63) is 176 Å². The Morgan fingerprint density at radius 3 is 2.43 bits per heavy atom. The second-order valence-electron chi connectivity index (χ2n) is 16.1. The van der Waals surface area contributed by atoms with E-state index in [1.165, 1.54) is 33.4 Å². The minimum absolute atomic E-state index is 0.178. The molecule has 0 unspecified atom stereocenters. The van der Waals surface area contributed by atoms with Crippen LogP contribution in [-0.2, 0) is 32.4 Å². The number of aryl methyl sites for hydroxylation is 2. The van der Waals surface area contributed by atoms with E-state index in [-0.39, 0.29) is 5.56 Å². The fourth-order valence-corrected chi connectivity index (χ4v) is 9.39. The number of benzene rings is 4. The van der Waals surface area contributed by atoms with Crippen LogP contribution in [0.25, 0.3) is 39.1 Å². The summed E-state index contributed by atoms with van der Waals surface area (Å²) in [4.78, 5) is 28.9. The summed E-state index contributed by atoms with van der Waals surface area (Å²) in [7, 11) is 0. The third-order valence-electron chi connectivity index (χ3n) is 12.1. The fraction of sp³-hybridized carbons (Fsp3) is 0.220. The maximum Gasteiger partial charge on any atom is 0.337 e. The van der Waals surface area contributed by atoms with Crippen LogP contribution in [0.15, 0.2) is 121 Å². The number of ether oxygens (including phenoxy) is 1. The molecule has 8 aromatic rings. The van der Waals surface area contributed by atoms with Crippen LogP contribution in [0.5, 0.6) is 6.01 Å². The van der Waals surface area contributed by atoms with Crippen LogP contribution in [0.3, 0.4) is 0 Å². The summed E-state index contributed by atoms with van der Waals surface area (Å²) in [6, 6.07) is 32.9. The third kappa shape index (κ3) is 8.22. The van der Waals surface area contributed by atoms with Gasteiger partial charge in [-0.2, -0.15) is 10.2 Å².